The highest BCUT2D eigenvalue weighted by atomic mass is 32.2. The van der Waals surface area contributed by atoms with Crippen LogP contribution in [-0.2, 0) is 20.9 Å². The fourth-order valence-electron chi connectivity index (χ4n) is 4.50. The lowest BCUT2D eigenvalue weighted by Crippen LogP contribution is -2.46. The minimum absolute atomic E-state index is 0.00936. The summed E-state index contributed by atoms with van der Waals surface area (Å²) in [5.74, 6) is 0.393. The number of alkyl halides is 3. The first-order chi connectivity index (χ1) is 17.5. The van der Waals surface area contributed by atoms with Gasteiger partial charge in [-0.05, 0) is 44.5 Å². The van der Waals surface area contributed by atoms with Gasteiger partial charge in [0.05, 0.1) is 17.1 Å². The Morgan fingerprint density at radius 2 is 2.05 bits per heavy atom. The first-order valence-electron chi connectivity index (χ1n) is 11.9. The molecular weight excluding hydrogens is 515 g/mol. The summed E-state index contributed by atoms with van der Waals surface area (Å²) in [4.78, 5) is 9.48. The number of benzene rings is 1. The molecule has 3 heterocycles. The molecule has 2 aromatic rings. The van der Waals surface area contributed by atoms with Crippen LogP contribution in [0.2, 0.25) is 0 Å². The largest absolute Gasteiger partial charge is 0.491 e. The Kier molecular flexibility index (Phi) is 8.23. The second-order valence-corrected chi connectivity index (χ2v) is 11.1. The van der Waals surface area contributed by atoms with Crippen molar-refractivity contribution in [1.29, 1.82) is 0 Å². The van der Waals surface area contributed by atoms with E-state index in [1.165, 1.54) is 19.2 Å². The zero-order valence-electron chi connectivity index (χ0n) is 20.2. The van der Waals surface area contributed by atoms with Crippen LogP contribution in [0.5, 0.6) is 5.75 Å². The van der Waals surface area contributed by atoms with E-state index in [2.05, 4.69) is 20.0 Å². The predicted octanol–water partition coefficient (Wildman–Crippen LogP) is 1.56. The van der Waals surface area contributed by atoms with Crippen molar-refractivity contribution in [2.75, 3.05) is 44.8 Å². The molecule has 4 rings (SSSR count). The molecule has 37 heavy (non-hydrogen) atoms. The number of halogens is 3. The van der Waals surface area contributed by atoms with E-state index in [9.17, 15) is 26.7 Å². The van der Waals surface area contributed by atoms with Crippen molar-refractivity contribution in [1.82, 2.24) is 20.0 Å². The topological polar surface area (TPSA) is 126 Å². The number of aliphatic hydroxyl groups excluding tert-OH is 1. The quantitative estimate of drug-likeness (QED) is 0.430. The first kappa shape index (κ1) is 27.5. The Hall–Kier alpha value is -2.52. The van der Waals surface area contributed by atoms with E-state index in [1.54, 1.807) is 17.0 Å². The summed E-state index contributed by atoms with van der Waals surface area (Å²) in [6.45, 7) is 1.64. The van der Waals surface area contributed by atoms with E-state index in [-0.39, 0.29) is 35.6 Å². The van der Waals surface area contributed by atoms with Gasteiger partial charge in [0.1, 0.15) is 24.2 Å². The van der Waals surface area contributed by atoms with E-state index in [1.807, 2.05) is 0 Å². The monoisotopic (exact) mass is 545 g/mol. The van der Waals surface area contributed by atoms with Crippen LogP contribution < -0.4 is 19.7 Å². The average Bonchev–Trinajstić information content (AvgIpc) is 3.28. The van der Waals surface area contributed by atoms with Crippen molar-refractivity contribution in [3.63, 3.8) is 0 Å². The summed E-state index contributed by atoms with van der Waals surface area (Å²) in [7, 11) is -2.27. The molecule has 0 radical (unpaired) electrons. The zero-order chi connectivity index (χ0) is 26.7. The lowest BCUT2D eigenvalue weighted by atomic mass is 9.87. The van der Waals surface area contributed by atoms with Gasteiger partial charge in [-0.3, -0.25) is 0 Å². The van der Waals surface area contributed by atoms with Gasteiger partial charge < -0.3 is 24.8 Å². The van der Waals surface area contributed by atoms with Crippen LogP contribution in [0.3, 0.4) is 0 Å². The average molecular weight is 546 g/mol. The third-order valence-corrected chi connectivity index (χ3v) is 7.98. The number of nitrogens with zero attached hydrogens (tertiary/aromatic N) is 3. The summed E-state index contributed by atoms with van der Waals surface area (Å²) in [5.41, 5.74) is -1.34. The Bertz CT molecular complexity index is 1180. The van der Waals surface area contributed by atoms with Crippen LogP contribution in [0.4, 0.5) is 19.1 Å². The number of hydrogen-bond donors (Lipinski definition) is 3. The number of rotatable bonds is 9. The Morgan fingerprint density at radius 1 is 1.30 bits per heavy atom. The molecule has 0 bridgehead atoms. The molecule has 0 amide bonds. The smallest absolute Gasteiger partial charge is 0.433 e. The van der Waals surface area contributed by atoms with Gasteiger partial charge in [-0.2, -0.15) is 13.2 Å². The molecule has 1 spiro atoms. The summed E-state index contributed by atoms with van der Waals surface area (Å²) in [5, 5.41) is 13.6. The van der Waals surface area contributed by atoms with Crippen molar-refractivity contribution in [2.45, 2.75) is 48.1 Å². The Balaban J connectivity index is 1.22. The van der Waals surface area contributed by atoms with Crippen molar-refractivity contribution < 1.29 is 36.2 Å². The summed E-state index contributed by atoms with van der Waals surface area (Å²) >= 11 is 0. The molecule has 2 saturated heterocycles. The van der Waals surface area contributed by atoms with E-state index < -0.39 is 28.0 Å². The number of aromatic nitrogens is 2. The summed E-state index contributed by atoms with van der Waals surface area (Å²) in [6, 6.07) is 6.87. The lowest BCUT2D eigenvalue weighted by molar-refractivity contribution is -0.141. The fourth-order valence-corrected chi connectivity index (χ4v) is 5.26. The Morgan fingerprint density at radius 3 is 2.76 bits per heavy atom. The van der Waals surface area contributed by atoms with Crippen LogP contribution in [-0.4, -0.2) is 81.1 Å². The van der Waals surface area contributed by atoms with E-state index in [0.29, 0.717) is 44.7 Å². The van der Waals surface area contributed by atoms with E-state index >= 15 is 0 Å². The zero-order valence-corrected chi connectivity index (χ0v) is 21.1. The molecule has 3 N–H and O–H groups in total. The van der Waals surface area contributed by atoms with Gasteiger partial charge in [-0.15, -0.1) is 0 Å². The molecule has 2 fully saturated rings. The number of sulfonamides is 1. The van der Waals surface area contributed by atoms with Crippen molar-refractivity contribution in [3.05, 3.63) is 42.2 Å². The minimum atomic E-state index is -4.52. The van der Waals surface area contributed by atoms with Gasteiger partial charge in [0.15, 0.2) is 0 Å². The third-order valence-electron chi connectivity index (χ3n) is 6.57. The normalized spacial score (nSPS) is 20.8. The number of piperidine rings is 1. The molecule has 2 atom stereocenters. The molecular formula is C23H30F3N5O5S. The fraction of sp³-hybridized carbons (Fsp3) is 0.565. The SMILES string of the molecule is CNS(=O)(=O)c1cccc(OCC(O)CN[C@H]2COC3(CCN(c4nccc(C(F)(F)F)n4)CC3)C2)c1. The number of hydrogen-bond acceptors (Lipinski definition) is 9. The van der Waals surface area contributed by atoms with Crippen LogP contribution >= 0.6 is 0 Å². The molecule has 204 valence electrons. The molecule has 2 aliphatic rings. The molecule has 0 aliphatic carbocycles. The highest BCUT2D eigenvalue weighted by Crippen LogP contribution is 2.37. The van der Waals surface area contributed by atoms with E-state index in [0.717, 1.165) is 12.3 Å². The highest BCUT2D eigenvalue weighted by molar-refractivity contribution is 7.89. The van der Waals surface area contributed by atoms with Crippen LogP contribution in [0.1, 0.15) is 25.0 Å². The molecule has 14 heteroatoms. The lowest BCUT2D eigenvalue weighted by Gasteiger charge is -2.38. The number of nitrogens with one attached hydrogen (secondary N) is 2. The van der Waals surface area contributed by atoms with Crippen molar-refractivity contribution in [3.8, 4) is 5.75 Å². The molecule has 1 aromatic heterocycles. The van der Waals surface area contributed by atoms with Crippen molar-refractivity contribution in [2.24, 2.45) is 0 Å². The predicted molar refractivity (Wildman–Crippen MR) is 128 cm³/mol. The van der Waals surface area contributed by atoms with Crippen molar-refractivity contribution >= 4 is 16.0 Å². The Labute approximate surface area is 213 Å². The summed E-state index contributed by atoms with van der Waals surface area (Å²) in [6.07, 6.45) is -2.26. The van der Waals surface area contributed by atoms with Gasteiger partial charge >= 0.3 is 6.18 Å². The molecule has 1 aromatic carbocycles. The first-order valence-corrected chi connectivity index (χ1v) is 13.3. The second-order valence-electron chi connectivity index (χ2n) is 9.18. The molecule has 0 saturated carbocycles. The molecule has 2 aliphatic heterocycles. The van der Waals surface area contributed by atoms with Gasteiger partial charge in [0, 0.05) is 37.9 Å². The molecule has 1 unspecified atom stereocenters. The second kappa shape index (κ2) is 11.1. The standard InChI is InChI=1S/C23H30F3N5O5S/c1-27-37(33,34)19-4-2-3-18(11-19)35-15-17(32)13-29-16-12-22(36-14-16)6-9-31(10-7-22)21-28-8-5-20(30-21)23(24,25)26/h2-5,8,11,16-17,27,29,32H,6-7,9-10,12-15H2,1H3/t16-,17?/m1/s1. The number of anilines is 1. The third kappa shape index (κ3) is 6.87. The number of aliphatic hydroxyl groups is 1. The highest BCUT2D eigenvalue weighted by Gasteiger charge is 2.43. The summed E-state index contributed by atoms with van der Waals surface area (Å²) < 4.78 is 76.6. The maximum atomic E-state index is 13.0. The van der Waals surface area contributed by atoms with Crippen LogP contribution in [0.25, 0.3) is 0 Å². The minimum Gasteiger partial charge on any atom is -0.491 e. The van der Waals surface area contributed by atoms with Gasteiger partial charge in [0.2, 0.25) is 16.0 Å². The van der Waals surface area contributed by atoms with Gasteiger partial charge in [-0.1, -0.05) is 6.07 Å². The molecule has 10 nitrogen and oxygen atoms in total. The van der Waals surface area contributed by atoms with E-state index in [4.69, 9.17) is 9.47 Å². The van der Waals surface area contributed by atoms with Crippen LogP contribution in [0.15, 0.2) is 41.4 Å². The van der Waals surface area contributed by atoms with Gasteiger partial charge in [-0.25, -0.2) is 23.1 Å². The van der Waals surface area contributed by atoms with Crippen LogP contribution in [0, 0.1) is 0 Å². The van der Waals surface area contributed by atoms with Gasteiger partial charge in [0.25, 0.3) is 0 Å². The maximum absolute atomic E-state index is 13.0. The maximum Gasteiger partial charge on any atom is 0.433 e. The number of ether oxygens (including phenoxy) is 2.